The maximum Gasteiger partial charge on any atom is 0.262 e. The molecule has 4 rings (SSSR count). The van der Waals surface area contributed by atoms with Crippen molar-refractivity contribution >= 4 is 22.7 Å². The van der Waals surface area contributed by atoms with Crippen LogP contribution in [0.5, 0.6) is 5.75 Å². The van der Waals surface area contributed by atoms with E-state index in [1.54, 1.807) is 47.0 Å². The van der Waals surface area contributed by atoms with Gasteiger partial charge in [0.05, 0.1) is 24.6 Å². The van der Waals surface area contributed by atoms with E-state index >= 15 is 0 Å². The van der Waals surface area contributed by atoms with E-state index in [0.29, 0.717) is 21.8 Å². The summed E-state index contributed by atoms with van der Waals surface area (Å²) in [4.78, 5) is 17.8. The molecule has 30 heavy (non-hydrogen) atoms. The molecule has 0 bridgehead atoms. The molecule has 4 aromatic rings. The van der Waals surface area contributed by atoms with Crippen molar-refractivity contribution in [1.29, 1.82) is 0 Å². The van der Waals surface area contributed by atoms with Crippen molar-refractivity contribution in [1.82, 2.24) is 9.55 Å². The number of benzene rings is 3. The molecule has 0 atom stereocenters. The minimum Gasteiger partial charge on any atom is -0.494 e. The van der Waals surface area contributed by atoms with Crippen LogP contribution < -0.4 is 10.3 Å². The van der Waals surface area contributed by atoms with Gasteiger partial charge in [-0.15, -0.1) is 0 Å². The van der Waals surface area contributed by atoms with Gasteiger partial charge in [-0.3, -0.25) is 9.36 Å². The molecule has 0 unspecified atom stereocenters. The average Bonchev–Trinajstić information content (AvgIpc) is 2.76. The largest absolute Gasteiger partial charge is 0.494 e. The van der Waals surface area contributed by atoms with Crippen LogP contribution >= 0.6 is 11.8 Å². The van der Waals surface area contributed by atoms with E-state index < -0.39 is 5.82 Å². The fourth-order valence-corrected chi connectivity index (χ4v) is 4.06. The molecule has 1 heterocycles. The van der Waals surface area contributed by atoms with Crippen LogP contribution in [0.2, 0.25) is 0 Å². The first kappa shape index (κ1) is 20.1. The normalized spacial score (nSPS) is 11.0. The summed E-state index contributed by atoms with van der Waals surface area (Å²) >= 11 is 1.34. The van der Waals surface area contributed by atoms with Gasteiger partial charge < -0.3 is 4.74 Å². The SMILES string of the molecule is COc1ccc(CSc2nc3ccccc3c(=O)n2Cc2ccc(F)cc2)cc1F. The number of rotatable bonds is 6. The van der Waals surface area contributed by atoms with Crippen molar-refractivity contribution < 1.29 is 13.5 Å². The predicted molar refractivity (Wildman–Crippen MR) is 114 cm³/mol. The van der Waals surface area contributed by atoms with E-state index in [2.05, 4.69) is 4.98 Å². The van der Waals surface area contributed by atoms with E-state index in [-0.39, 0.29) is 23.7 Å². The molecule has 7 heteroatoms. The van der Waals surface area contributed by atoms with Crippen molar-refractivity contribution in [3.63, 3.8) is 0 Å². The summed E-state index contributed by atoms with van der Waals surface area (Å²) in [6.07, 6.45) is 0. The third-order valence-corrected chi connectivity index (χ3v) is 5.71. The summed E-state index contributed by atoms with van der Waals surface area (Å²) in [6.45, 7) is 0.260. The number of fused-ring (bicyclic) bond motifs is 1. The Kier molecular flexibility index (Phi) is 5.81. The zero-order valence-corrected chi connectivity index (χ0v) is 17.0. The number of ether oxygens (including phenoxy) is 1. The first-order valence-electron chi connectivity index (χ1n) is 9.24. The van der Waals surface area contributed by atoms with Crippen molar-refractivity contribution in [3.05, 3.63) is 99.8 Å². The van der Waals surface area contributed by atoms with Gasteiger partial charge in [-0.1, -0.05) is 42.1 Å². The summed E-state index contributed by atoms with van der Waals surface area (Å²) in [5.74, 6) is -0.166. The third kappa shape index (κ3) is 4.21. The van der Waals surface area contributed by atoms with Crippen LogP contribution in [-0.2, 0) is 12.3 Å². The van der Waals surface area contributed by atoms with Gasteiger partial charge in [0, 0.05) is 5.75 Å². The molecule has 0 spiro atoms. The Balaban J connectivity index is 1.70. The number of methoxy groups -OCH3 is 1. The highest BCUT2D eigenvalue weighted by atomic mass is 32.2. The van der Waals surface area contributed by atoms with E-state index in [1.807, 2.05) is 6.07 Å². The van der Waals surface area contributed by atoms with Crippen molar-refractivity contribution in [3.8, 4) is 5.75 Å². The van der Waals surface area contributed by atoms with Gasteiger partial charge in [-0.05, 0) is 47.5 Å². The van der Waals surface area contributed by atoms with E-state index in [4.69, 9.17) is 4.74 Å². The average molecular weight is 424 g/mol. The van der Waals surface area contributed by atoms with Crippen LogP contribution in [-0.4, -0.2) is 16.7 Å². The number of hydrogen-bond donors (Lipinski definition) is 0. The second-order valence-corrected chi connectivity index (χ2v) is 7.63. The molecule has 0 saturated carbocycles. The van der Waals surface area contributed by atoms with E-state index in [0.717, 1.165) is 11.1 Å². The first-order chi connectivity index (χ1) is 14.5. The molecule has 1 aromatic heterocycles. The standard InChI is InChI=1S/C23H18F2N2O2S/c1-29-21-11-8-16(12-19(21)25)14-30-23-26-20-5-3-2-4-18(20)22(28)27(23)13-15-6-9-17(24)10-7-15/h2-12H,13-14H2,1H3. The highest BCUT2D eigenvalue weighted by molar-refractivity contribution is 7.98. The van der Waals surface area contributed by atoms with E-state index in [1.165, 1.54) is 37.1 Å². The van der Waals surface area contributed by atoms with Gasteiger partial charge >= 0.3 is 0 Å². The quantitative estimate of drug-likeness (QED) is 0.322. The molecule has 4 nitrogen and oxygen atoms in total. The van der Waals surface area contributed by atoms with Gasteiger partial charge in [0.25, 0.3) is 5.56 Å². The summed E-state index contributed by atoms with van der Waals surface area (Å²) in [5, 5.41) is 1.03. The Bertz CT molecular complexity index is 1260. The maximum atomic E-state index is 14.0. The lowest BCUT2D eigenvalue weighted by Crippen LogP contribution is -2.24. The summed E-state index contributed by atoms with van der Waals surface area (Å²) in [5.41, 5.74) is 1.96. The minimum atomic E-state index is -0.439. The molecule has 0 amide bonds. The van der Waals surface area contributed by atoms with Crippen molar-refractivity contribution in [2.45, 2.75) is 17.5 Å². The number of hydrogen-bond acceptors (Lipinski definition) is 4. The molecule has 152 valence electrons. The molecule has 0 N–H and O–H groups in total. The lowest BCUT2D eigenvalue weighted by molar-refractivity contribution is 0.386. The smallest absolute Gasteiger partial charge is 0.262 e. The van der Waals surface area contributed by atoms with Gasteiger partial charge in [-0.2, -0.15) is 0 Å². The Labute approximate surface area is 176 Å². The number of halogens is 2. The fourth-order valence-electron chi connectivity index (χ4n) is 3.12. The lowest BCUT2D eigenvalue weighted by atomic mass is 10.2. The van der Waals surface area contributed by atoms with Crippen molar-refractivity contribution in [2.75, 3.05) is 7.11 Å². The Morgan fingerprint density at radius 1 is 1.00 bits per heavy atom. The second-order valence-electron chi connectivity index (χ2n) is 6.69. The van der Waals surface area contributed by atoms with Crippen LogP contribution in [0.4, 0.5) is 8.78 Å². The zero-order chi connectivity index (χ0) is 21.1. The van der Waals surface area contributed by atoms with Crippen LogP contribution in [0.1, 0.15) is 11.1 Å². The Morgan fingerprint density at radius 2 is 1.73 bits per heavy atom. The van der Waals surface area contributed by atoms with Crippen LogP contribution in [0.25, 0.3) is 10.9 Å². The molecule has 0 aliphatic heterocycles. The highest BCUT2D eigenvalue weighted by Crippen LogP contribution is 2.25. The van der Waals surface area contributed by atoms with E-state index in [9.17, 15) is 13.6 Å². The van der Waals surface area contributed by atoms with Crippen molar-refractivity contribution in [2.24, 2.45) is 0 Å². The molecular formula is C23H18F2N2O2S. The molecule has 0 saturated heterocycles. The zero-order valence-electron chi connectivity index (χ0n) is 16.1. The third-order valence-electron chi connectivity index (χ3n) is 4.66. The minimum absolute atomic E-state index is 0.173. The van der Waals surface area contributed by atoms with Gasteiger partial charge in [0.15, 0.2) is 16.7 Å². The second kappa shape index (κ2) is 8.67. The summed E-state index contributed by atoms with van der Waals surface area (Å²) < 4.78 is 33.8. The van der Waals surface area contributed by atoms with Crippen LogP contribution in [0, 0.1) is 11.6 Å². The number of thioether (sulfide) groups is 1. The van der Waals surface area contributed by atoms with Gasteiger partial charge in [0.2, 0.25) is 0 Å². The number of aromatic nitrogens is 2. The van der Waals surface area contributed by atoms with Gasteiger partial charge in [0.1, 0.15) is 5.82 Å². The molecule has 0 fully saturated rings. The van der Waals surface area contributed by atoms with Crippen LogP contribution in [0.15, 0.2) is 76.7 Å². The molecule has 0 aliphatic carbocycles. The number of para-hydroxylation sites is 1. The van der Waals surface area contributed by atoms with Crippen LogP contribution in [0.3, 0.4) is 0 Å². The monoisotopic (exact) mass is 424 g/mol. The predicted octanol–water partition coefficient (Wildman–Crippen LogP) is 5.02. The Morgan fingerprint density at radius 3 is 2.47 bits per heavy atom. The fraction of sp³-hybridized carbons (Fsp3) is 0.130. The molecule has 0 radical (unpaired) electrons. The Hall–Kier alpha value is -3.19. The molecular weight excluding hydrogens is 406 g/mol. The lowest BCUT2D eigenvalue weighted by Gasteiger charge is -2.13. The molecule has 3 aromatic carbocycles. The topological polar surface area (TPSA) is 44.1 Å². The highest BCUT2D eigenvalue weighted by Gasteiger charge is 2.13. The first-order valence-corrected chi connectivity index (χ1v) is 10.2. The maximum absolute atomic E-state index is 14.0. The molecule has 0 aliphatic rings. The summed E-state index contributed by atoms with van der Waals surface area (Å²) in [6, 6.07) is 17.9. The van der Waals surface area contributed by atoms with Gasteiger partial charge in [-0.25, -0.2) is 13.8 Å². The summed E-state index contributed by atoms with van der Waals surface area (Å²) in [7, 11) is 1.42. The number of nitrogens with zero attached hydrogens (tertiary/aromatic N) is 2.